The summed E-state index contributed by atoms with van der Waals surface area (Å²) in [7, 11) is 0. The summed E-state index contributed by atoms with van der Waals surface area (Å²) in [6.07, 6.45) is 6.38. The molecule has 2 heterocycles. The number of furan rings is 2. The number of aryl methyl sites for hydroxylation is 1. The molecule has 0 saturated heterocycles. The summed E-state index contributed by atoms with van der Waals surface area (Å²) in [4.78, 5) is 0. The van der Waals surface area contributed by atoms with Crippen molar-refractivity contribution in [1.29, 1.82) is 0 Å². The first-order valence-corrected chi connectivity index (χ1v) is 19.5. The maximum absolute atomic E-state index is 6.78. The number of allylic oxidation sites excluding steroid dienone is 1. The van der Waals surface area contributed by atoms with E-state index in [1.54, 1.807) is 0 Å². The Morgan fingerprint density at radius 2 is 0.911 bits per heavy atom. The summed E-state index contributed by atoms with van der Waals surface area (Å²) in [5.74, 6) is 1.05. The van der Waals surface area contributed by atoms with Crippen molar-refractivity contribution in [2.45, 2.75) is 12.8 Å². The smallest absolute Gasteiger partial charge is 0.147 e. The predicted molar refractivity (Wildman–Crippen MR) is 235 cm³/mol. The van der Waals surface area contributed by atoms with Gasteiger partial charge in [-0.1, -0.05) is 158 Å². The van der Waals surface area contributed by atoms with Crippen LogP contribution in [0.1, 0.15) is 17.7 Å². The average Bonchev–Trinajstić information content (AvgIpc) is 3.82. The fraction of sp³-hybridized carbons (Fsp3) is 0.0370. The highest BCUT2D eigenvalue weighted by molar-refractivity contribution is 6.23. The van der Waals surface area contributed by atoms with E-state index in [4.69, 9.17) is 8.83 Å². The number of rotatable bonds is 4. The second-order valence-corrected chi connectivity index (χ2v) is 15.0. The molecule has 0 unspecified atom stereocenters. The van der Waals surface area contributed by atoms with Crippen LogP contribution in [-0.2, 0) is 6.42 Å². The molecule has 0 amide bonds. The lowest BCUT2D eigenvalue weighted by atomic mass is 9.84. The maximum atomic E-state index is 6.78. The van der Waals surface area contributed by atoms with E-state index in [2.05, 4.69) is 176 Å². The number of para-hydroxylation sites is 1. The molecule has 0 aliphatic heterocycles. The molecule has 2 aromatic heterocycles. The molecule has 56 heavy (non-hydrogen) atoms. The Morgan fingerprint density at radius 3 is 1.62 bits per heavy atom. The van der Waals surface area contributed by atoms with E-state index in [0.29, 0.717) is 0 Å². The summed E-state index contributed by atoms with van der Waals surface area (Å²) < 4.78 is 13.5. The van der Waals surface area contributed by atoms with Crippen LogP contribution in [-0.4, -0.2) is 0 Å². The Balaban J connectivity index is 1.10. The number of hydrogen-bond acceptors (Lipinski definition) is 2. The van der Waals surface area contributed by atoms with Crippen molar-refractivity contribution in [3.63, 3.8) is 0 Å². The van der Waals surface area contributed by atoms with E-state index >= 15 is 0 Å². The van der Waals surface area contributed by atoms with Gasteiger partial charge in [0.25, 0.3) is 0 Å². The fourth-order valence-corrected chi connectivity index (χ4v) is 9.42. The van der Waals surface area contributed by atoms with Gasteiger partial charge in [0, 0.05) is 28.1 Å². The molecule has 2 nitrogen and oxygen atoms in total. The van der Waals surface area contributed by atoms with Gasteiger partial charge in [-0.15, -0.1) is 0 Å². The molecule has 11 aromatic rings. The molecule has 9 aromatic carbocycles. The summed E-state index contributed by atoms with van der Waals surface area (Å²) in [6.45, 7) is 0. The first-order valence-electron chi connectivity index (χ1n) is 19.5. The third kappa shape index (κ3) is 4.63. The predicted octanol–water partition coefficient (Wildman–Crippen LogP) is 15.4. The molecule has 1 aliphatic rings. The molecule has 262 valence electrons. The SMILES string of the molecule is C1=Cc2c(oc3c(-c4cccc(-c5c6ccccc6c(-c6cccc(-c7cccc8ccccc78)c6)c6ccccc56)c4)c4oc5ccccc5c4cc23)CC1. The van der Waals surface area contributed by atoms with Gasteiger partial charge in [0.05, 0.1) is 5.56 Å². The van der Waals surface area contributed by atoms with Gasteiger partial charge in [-0.05, 0) is 102 Å². The second kappa shape index (κ2) is 12.2. The van der Waals surface area contributed by atoms with Crippen LogP contribution in [0.5, 0.6) is 0 Å². The van der Waals surface area contributed by atoms with Crippen LogP contribution in [0, 0.1) is 0 Å². The van der Waals surface area contributed by atoms with Gasteiger partial charge in [0.2, 0.25) is 0 Å². The van der Waals surface area contributed by atoms with Crippen molar-refractivity contribution in [2.75, 3.05) is 0 Å². The van der Waals surface area contributed by atoms with Gasteiger partial charge in [-0.25, -0.2) is 0 Å². The highest BCUT2D eigenvalue weighted by atomic mass is 16.3. The van der Waals surface area contributed by atoms with Crippen molar-refractivity contribution >= 4 is 71.3 Å². The Kier molecular flexibility index (Phi) is 6.79. The minimum atomic E-state index is 0.863. The van der Waals surface area contributed by atoms with Gasteiger partial charge in [0.15, 0.2) is 0 Å². The van der Waals surface area contributed by atoms with Crippen molar-refractivity contribution in [3.05, 3.63) is 187 Å². The zero-order valence-electron chi connectivity index (χ0n) is 30.6. The summed E-state index contributed by atoms with van der Waals surface area (Å²) >= 11 is 0. The highest BCUT2D eigenvalue weighted by Crippen LogP contribution is 2.48. The van der Waals surface area contributed by atoms with Crippen LogP contribution >= 0.6 is 0 Å². The van der Waals surface area contributed by atoms with Crippen LogP contribution in [0.3, 0.4) is 0 Å². The zero-order valence-corrected chi connectivity index (χ0v) is 30.6. The third-order valence-corrected chi connectivity index (χ3v) is 11.9. The van der Waals surface area contributed by atoms with Crippen LogP contribution in [0.2, 0.25) is 0 Å². The number of fused-ring (bicyclic) bond motifs is 9. The van der Waals surface area contributed by atoms with Gasteiger partial charge in [0.1, 0.15) is 22.5 Å². The summed E-state index contributed by atoms with van der Waals surface area (Å²) in [5.41, 5.74) is 13.2. The molecule has 0 spiro atoms. The summed E-state index contributed by atoms with van der Waals surface area (Å²) in [5, 5.41) is 10.8. The molecule has 0 N–H and O–H groups in total. The quantitative estimate of drug-likeness (QED) is 0.170. The van der Waals surface area contributed by atoms with Crippen molar-refractivity contribution < 1.29 is 8.83 Å². The first kappa shape index (κ1) is 31.2. The maximum Gasteiger partial charge on any atom is 0.147 e. The van der Waals surface area contributed by atoms with E-state index in [1.165, 1.54) is 65.7 Å². The van der Waals surface area contributed by atoms with E-state index in [0.717, 1.165) is 68.2 Å². The molecule has 2 heteroatoms. The van der Waals surface area contributed by atoms with Gasteiger partial charge >= 0.3 is 0 Å². The Labute approximate surface area is 323 Å². The molecule has 0 atom stereocenters. The van der Waals surface area contributed by atoms with Crippen molar-refractivity contribution in [2.24, 2.45) is 0 Å². The van der Waals surface area contributed by atoms with Crippen LogP contribution in [0.4, 0.5) is 0 Å². The highest BCUT2D eigenvalue weighted by Gasteiger charge is 2.24. The van der Waals surface area contributed by atoms with E-state index in [1.807, 2.05) is 6.07 Å². The lowest BCUT2D eigenvalue weighted by Gasteiger charge is -2.19. The average molecular weight is 715 g/mol. The molecule has 12 rings (SSSR count). The fourth-order valence-electron chi connectivity index (χ4n) is 9.42. The van der Waals surface area contributed by atoms with Gasteiger partial charge in [-0.3, -0.25) is 0 Å². The van der Waals surface area contributed by atoms with E-state index in [-0.39, 0.29) is 0 Å². The zero-order chi connectivity index (χ0) is 36.7. The lowest BCUT2D eigenvalue weighted by molar-refractivity contribution is 0.546. The second-order valence-electron chi connectivity index (χ2n) is 15.0. The van der Waals surface area contributed by atoms with Gasteiger partial charge < -0.3 is 8.83 Å². The molecule has 0 saturated carbocycles. The first-order chi connectivity index (χ1) is 27.8. The molecular weight excluding hydrogens is 681 g/mol. The van der Waals surface area contributed by atoms with Crippen LogP contribution < -0.4 is 0 Å². The Morgan fingerprint density at radius 1 is 0.375 bits per heavy atom. The Hall–Kier alpha value is -7.16. The molecular formula is C54H34O2. The van der Waals surface area contributed by atoms with Crippen LogP contribution in [0.25, 0.3) is 116 Å². The number of hydrogen-bond donors (Lipinski definition) is 0. The molecule has 0 fully saturated rings. The molecule has 1 aliphatic carbocycles. The monoisotopic (exact) mass is 714 g/mol. The topological polar surface area (TPSA) is 26.3 Å². The number of benzene rings is 9. The van der Waals surface area contributed by atoms with E-state index < -0.39 is 0 Å². The van der Waals surface area contributed by atoms with Gasteiger partial charge in [-0.2, -0.15) is 0 Å². The summed E-state index contributed by atoms with van der Waals surface area (Å²) in [6, 6.07) is 61.7. The standard InChI is InChI=1S/C54H34O2/c1-2-20-38-33(14-1)15-13-27-39(38)34-16-11-17-35(30-34)50-42-23-3-5-25-44(42)51(45-26-6-4-24-43(45)50)36-18-12-19-37(31-36)52-53-46(40-21-7-9-28-48(40)55-53)32-47-41-22-8-10-29-49(41)56-54(47)52/h1-9,11-28,30-32H,10,29H2. The van der Waals surface area contributed by atoms with Crippen molar-refractivity contribution in [3.8, 4) is 44.5 Å². The molecule has 0 bridgehead atoms. The minimum absolute atomic E-state index is 0.863. The molecule has 0 radical (unpaired) electrons. The van der Waals surface area contributed by atoms with E-state index in [9.17, 15) is 0 Å². The van der Waals surface area contributed by atoms with Crippen LogP contribution in [0.15, 0.2) is 185 Å². The third-order valence-electron chi connectivity index (χ3n) is 11.9. The largest absolute Gasteiger partial charge is 0.460 e. The Bertz CT molecular complexity index is 3360. The normalized spacial score (nSPS) is 12.8. The van der Waals surface area contributed by atoms with Crippen molar-refractivity contribution in [1.82, 2.24) is 0 Å². The minimum Gasteiger partial charge on any atom is -0.460 e. The lowest BCUT2D eigenvalue weighted by Crippen LogP contribution is -1.92.